The molecule has 0 fully saturated rings. The van der Waals surface area contributed by atoms with Gasteiger partial charge in [0, 0.05) is 13.0 Å². The fourth-order valence-corrected chi connectivity index (χ4v) is 2.08. The van der Waals surface area contributed by atoms with Gasteiger partial charge in [-0.25, -0.2) is 0 Å². The second kappa shape index (κ2) is 7.29. The van der Waals surface area contributed by atoms with Crippen LogP contribution in [0.2, 0.25) is 0 Å². The highest BCUT2D eigenvalue weighted by Crippen LogP contribution is 2.25. The molecule has 0 aromatic heterocycles. The van der Waals surface area contributed by atoms with Crippen molar-refractivity contribution in [3.63, 3.8) is 0 Å². The fraction of sp³-hybridized carbons (Fsp3) is 0.562. The molecule has 106 valence electrons. The quantitative estimate of drug-likeness (QED) is 0.794. The highest BCUT2D eigenvalue weighted by molar-refractivity contribution is 5.75. The maximum absolute atomic E-state index is 11.8. The van der Waals surface area contributed by atoms with E-state index in [9.17, 15) is 4.79 Å². The third-order valence-corrected chi connectivity index (χ3v) is 3.42. The van der Waals surface area contributed by atoms with E-state index >= 15 is 0 Å². The molecule has 0 heterocycles. The first-order chi connectivity index (χ1) is 8.93. The third kappa shape index (κ3) is 6.39. The molecule has 0 saturated carbocycles. The van der Waals surface area contributed by atoms with Crippen LogP contribution in [0.25, 0.3) is 0 Å². The summed E-state index contributed by atoms with van der Waals surface area (Å²) in [5.74, 6) is 0.117. The molecule has 0 radical (unpaired) electrons. The van der Waals surface area contributed by atoms with Crippen molar-refractivity contribution >= 4 is 5.91 Å². The van der Waals surface area contributed by atoms with Gasteiger partial charge in [0.1, 0.15) is 0 Å². The Labute approximate surface area is 116 Å². The zero-order valence-electron chi connectivity index (χ0n) is 12.3. The second-order valence-corrected chi connectivity index (χ2v) is 5.97. The molecule has 0 bridgehead atoms. The van der Waals surface area contributed by atoms with E-state index in [1.54, 1.807) is 0 Å². The van der Waals surface area contributed by atoms with Gasteiger partial charge in [-0.3, -0.25) is 4.79 Å². The predicted octanol–water partition coefficient (Wildman–Crippen LogP) is 2.77. The number of nitrogens with two attached hydrogens (primary N) is 1. The summed E-state index contributed by atoms with van der Waals surface area (Å²) < 4.78 is 0. The Kier molecular flexibility index (Phi) is 6.03. The summed E-state index contributed by atoms with van der Waals surface area (Å²) in [5.41, 5.74) is 8.08. The summed E-state index contributed by atoms with van der Waals surface area (Å²) in [7, 11) is 0. The SMILES string of the molecule is Cc1cccc(CNC(=O)CCC(C)(C)CCN)c1. The summed E-state index contributed by atoms with van der Waals surface area (Å²) in [6, 6.07) is 8.20. The molecule has 1 amide bonds. The molecule has 19 heavy (non-hydrogen) atoms. The number of amides is 1. The van der Waals surface area contributed by atoms with E-state index in [0.717, 1.165) is 18.4 Å². The lowest BCUT2D eigenvalue weighted by atomic mass is 9.84. The van der Waals surface area contributed by atoms with Gasteiger partial charge in [-0.1, -0.05) is 43.7 Å². The summed E-state index contributed by atoms with van der Waals surface area (Å²) in [4.78, 5) is 11.8. The molecular formula is C16H26N2O. The van der Waals surface area contributed by atoms with Crippen molar-refractivity contribution in [1.82, 2.24) is 5.32 Å². The van der Waals surface area contributed by atoms with Crippen LogP contribution in [0.5, 0.6) is 0 Å². The molecule has 1 aromatic rings. The summed E-state index contributed by atoms with van der Waals surface area (Å²) in [5, 5.41) is 2.97. The van der Waals surface area contributed by atoms with Crippen LogP contribution in [0, 0.1) is 12.3 Å². The van der Waals surface area contributed by atoms with Gasteiger partial charge in [0.25, 0.3) is 0 Å². The minimum absolute atomic E-state index is 0.117. The van der Waals surface area contributed by atoms with E-state index in [-0.39, 0.29) is 11.3 Å². The van der Waals surface area contributed by atoms with E-state index in [4.69, 9.17) is 5.73 Å². The third-order valence-electron chi connectivity index (χ3n) is 3.42. The minimum Gasteiger partial charge on any atom is -0.352 e. The molecule has 1 rings (SSSR count). The second-order valence-electron chi connectivity index (χ2n) is 5.97. The smallest absolute Gasteiger partial charge is 0.220 e. The van der Waals surface area contributed by atoms with Gasteiger partial charge in [-0.05, 0) is 37.3 Å². The molecule has 3 N–H and O–H groups in total. The Balaban J connectivity index is 2.32. The lowest BCUT2D eigenvalue weighted by molar-refractivity contribution is -0.121. The van der Waals surface area contributed by atoms with Crippen molar-refractivity contribution in [1.29, 1.82) is 0 Å². The van der Waals surface area contributed by atoms with Gasteiger partial charge in [0.15, 0.2) is 0 Å². The molecular weight excluding hydrogens is 236 g/mol. The Morgan fingerprint density at radius 1 is 1.32 bits per heavy atom. The molecule has 1 aromatic carbocycles. The lowest BCUT2D eigenvalue weighted by Gasteiger charge is -2.23. The molecule has 0 saturated heterocycles. The van der Waals surface area contributed by atoms with Crippen molar-refractivity contribution in [3.8, 4) is 0 Å². The molecule has 3 nitrogen and oxygen atoms in total. The summed E-state index contributed by atoms with van der Waals surface area (Å²) >= 11 is 0. The van der Waals surface area contributed by atoms with Gasteiger partial charge >= 0.3 is 0 Å². The Morgan fingerprint density at radius 2 is 2.05 bits per heavy atom. The Hall–Kier alpha value is -1.35. The molecule has 3 heteroatoms. The molecule has 0 aliphatic heterocycles. The zero-order valence-corrected chi connectivity index (χ0v) is 12.3. The number of hydrogen-bond acceptors (Lipinski definition) is 2. The highest BCUT2D eigenvalue weighted by atomic mass is 16.1. The van der Waals surface area contributed by atoms with Gasteiger partial charge in [0.05, 0.1) is 0 Å². The maximum atomic E-state index is 11.8. The number of carbonyl (C=O) groups excluding carboxylic acids is 1. The summed E-state index contributed by atoms with van der Waals surface area (Å²) in [6.07, 6.45) is 2.40. The highest BCUT2D eigenvalue weighted by Gasteiger charge is 2.18. The lowest BCUT2D eigenvalue weighted by Crippen LogP contribution is -2.25. The van der Waals surface area contributed by atoms with Crippen LogP contribution in [0.4, 0.5) is 0 Å². The fourth-order valence-electron chi connectivity index (χ4n) is 2.08. The first kappa shape index (κ1) is 15.7. The number of nitrogens with one attached hydrogen (secondary N) is 1. The van der Waals surface area contributed by atoms with Crippen LogP contribution in [0.1, 0.15) is 44.2 Å². The first-order valence-corrected chi connectivity index (χ1v) is 6.95. The van der Waals surface area contributed by atoms with Crippen LogP contribution < -0.4 is 11.1 Å². The van der Waals surface area contributed by atoms with Crippen LogP contribution >= 0.6 is 0 Å². The van der Waals surface area contributed by atoms with Crippen molar-refractivity contribution < 1.29 is 4.79 Å². The van der Waals surface area contributed by atoms with Crippen molar-refractivity contribution in [2.75, 3.05) is 6.54 Å². The van der Waals surface area contributed by atoms with Gasteiger partial charge in [-0.2, -0.15) is 0 Å². The molecule has 0 unspecified atom stereocenters. The van der Waals surface area contributed by atoms with Crippen LogP contribution in [0.15, 0.2) is 24.3 Å². The molecule has 0 aliphatic rings. The topological polar surface area (TPSA) is 55.1 Å². The number of aryl methyl sites for hydroxylation is 1. The van der Waals surface area contributed by atoms with E-state index < -0.39 is 0 Å². The van der Waals surface area contributed by atoms with Gasteiger partial charge in [0.2, 0.25) is 5.91 Å². The number of hydrogen-bond donors (Lipinski definition) is 2. The van der Waals surface area contributed by atoms with Crippen LogP contribution in [-0.4, -0.2) is 12.5 Å². The van der Waals surface area contributed by atoms with E-state index in [1.807, 2.05) is 12.1 Å². The van der Waals surface area contributed by atoms with Crippen molar-refractivity contribution in [3.05, 3.63) is 35.4 Å². The predicted molar refractivity (Wildman–Crippen MR) is 79.7 cm³/mol. The largest absolute Gasteiger partial charge is 0.352 e. The average Bonchev–Trinajstić information content (AvgIpc) is 2.34. The van der Waals surface area contributed by atoms with E-state index in [1.165, 1.54) is 5.56 Å². The molecule has 0 aliphatic carbocycles. The number of rotatable bonds is 7. The van der Waals surface area contributed by atoms with Crippen molar-refractivity contribution in [2.24, 2.45) is 11.1 Å². The van der Waals surface area contributed by atoms with Gasteiger partial charge in [-0.15, -0.1) is 0 Å². The number of benzene rings is 1. The van der Waals surface area contributed by atoms with Crippen LogP contribution in [0.3, 0.4) is 0 Å². The zero-order chi connectivity index (χ0) is 14.3. The monoisotopic (exact) mass is 262 g/mol. The average molecular weight is 262 g/mol. The van der Waals surface area contributed by atoms with E-state index in [0.29, 0.717) is 19.5 Å². The molecule has 0 spiro atoms. The minimum atomic E-state index is 0.117. The first-order valence-electron chi connectivity index (χ1n) is 6.95. The molecule has 0 atom stereocenters. The number of carbonyl (C=O) groups is 1. The normalized spacial score (nSPS) is 11.4. The van der Waals surface area contributed by atoms with Crippen LogP contribution in [-0.2, 0) is 11.3 Å². The Morgan fingerprint density at radius 3 is 2.68 bits per heavy atom. The van der Waals surface area contributed by atoms with Gasteiger partial charge < -0.3 is 11.1 Å². The van der Waals surface area contributed by atoms with Crippen molar-refractivity contribution in [2.45, 2.75) is 46.6 Å². The standard InChI is InChI=1S/C16H26N2O/c1-13-5-4-6-14(11-13)12-18-15(19)7-8-16(2,3)9-10-17/h4-6,11H,7-10,12,17H2,1-3H3,(H,18,19). The van der Waals surface area contributed by atoms with E-state index in [2.05, 4.69) is 38.2 Å². The summed E-state index contributed by atoms with van der Waals surface area (Å²) in [6.45, 7) is 7.66. The maximum Gasteiger partial charge on any atom is 0.220 e. The Bertz CT molecular complexity index is 413.